The summed E-state index contributed by atoms with van der Waals surface area (Å²) in [5.74, 6) is 0.0451. The van der Waals surface area contributed by atoms with Crippen LogP contribution in [0.3, 0.4) is 0 Å². The lowest BCUT2D eigenvalue weighted by molar-refractivity contribution is 0.102. The third kappa shape index (κ3) is 3.88. The first-order valence-corrected chi connectivity index (χ1v) is 8.68. The van der Waals surface area contributed by atoms with Gasteiger partial charge in [0.25, 0.3) is 5.91 Å². The summed E-state index contributed by atoms with van der Waals surface area (Å²) in [7, 11) is 0. The summed E-state index contributed by atoms with van der Waals surface area (Å²) >= 11 is 9.64. The Bertz CT molecular complexity index is 763. The molecule has 126 valence electrons. The van der Waals surface area contributed by atoms with Gasteiger partial charge in [-0.3, -0.25) is 4.79 Å². The molecule has 1 aliphatic rings. The summed E-state index contributed by atoms with van der Waals surface area (Å²) in [6.45, 7) is 3.13. The molecule has 7 heteroatoms. The highest BCUT2D eigenvalue weighted by atomic mass is 79.9. The van der Waals surface area contributed by atoms with Gasteiger partial charge in [-0.15, -0.1) is 0 Å². The second-order valence-electron chi connectivity index (χ2n) is 5.48. The minimum Gasteiger partial charge on any atom is -0.471 e. The van der Waals surface area contributed by atoms with Crippen LogP contribution in [0.15, 0.2) is 34.9 Å². The molecule has 0 saturated carbocycles. The van der Waals surface area contributed by atoms with Crippen molar-refractivity contribution in [3.8, 4) is 5.88 Å². The van der Waals surface area contributed by atoms with Crippen molar-refractivity contribution in [3.63, 3.8) is 0 Å². The van der Waals surface area contributed by atoms with E-state index in [0.29, 0.717) is 29.7 Å². The van der Waals surface area contributed by atoms with Crippen LogP contribution in [0, 0.1) is 6.92 Å². The van der Waals surface area contributed by atoms with E-state index in [4.69, 9.17) is 21.1 Å². The molecule has 0 bridgehead atoms. The van der Waals surface area contributed by atoms with Crippen LogP contribution in [0.2, 0.25) is 5.02 Å². The van der Waals surface area contributed by atoms with E-state index < -0.39 is 0 Å². The van der Waals surface area contributed by atoms with Gasteiger partial charge in [-0.25, -0.2) is 4.98 Å². The number of pyridine rings is 1. The lowest BCUT2D eigenvalue weighted by atomic mass is 10.2. The molecule has 1 atom stereocenters. The van der Waals surface area contributed by atoms with Crippen molar-refractivity contribution < 1.29 is 14.3 Å². The molecule has 1 amide bonds. The number of benzene rings is 1. The predicted octanol–water partition coefficient (Wildman–Crippen LogP) is 4.23. The molecule has 1 aliphatic heterocycles. The molecule has 1 aromatic carbocycles. The van der Waals surface area contributed by atoms with Gasteiger partial charge < -0.3 is 14.8 Å². The fraction of sp³-hybridized carbons (Fsp3) is 0.294. The molecule has 2 aromatic rings. The summed E-state index contributed by atoms with van der Waals surface area (Å²) in [6, 6.07) is 7.17. The Morgan fingerprint density at radius 2 is 2.33 bits per heavy atom. The van der Waals surface area contributed by atoms with Crippen LogP contribution in [-0.4, -0.2) is 30.2 Å². The van der Waals surface area contributed by atoms with Gasteiger partial charge >= 0.3 is 0 Å². The molecule has 0 spiro atoms. The van der Waals surface area contributed by atoms with Gasteiger partial charge in [0.1, 0.15) is 11.1 Å². The van der Waals surface area contributed by atoms with Gasteiger partial charge in [-0.2, -0.15) is 0 Å². The van der Waals surface area contributed by atoms with Crippen LogP contribution in [0.25, 0.3) is 0 Å². The number of amides is 1. The molecular formula is C17H16BrClN2O3. The average molecular weight is 412 g/mol. The molecule has 0 radical (unpaired) electrons. The number of carbonyl (C=O) groups excluding carboxylic acids is 1. The zero-order chi connectivity index (χ0) is 17.1. The lowest BCUT2D eigenvalue weighted by Crippen LogP contribution is -2.17. The van der Waals surface area contributed by atoms with E-state index in [9.17, 15) is 4.79 Å². The van der Waals surface area contributed by atoms with Crippen molar-refractivity contribution in [2.24, 2.45) is 0 Å². The summed E-state index contributed by atoms with van der Waals surface area (Å²) in [5.41, 5.74) is 2.05. The van der Waals surface area contributed by atoms with Crippen molar-refractivity contribution in [1.82, 2.24) is 4.98 Å². The van der Waals surface area contributed by atoms with E-state index in [0.717, 1.165) is 22.1 Å². The van der Waals surface area contributed by atoms with E-state index in [1.165, 1.54) is 6.20 Å². The molecule has 1 N–H and O–H groups in total. The van der Waals surface area contributed by atoms with Crippen LogP contribution in [0.1, 0.15) is 22.3 Å². The maximum atomic E-state index is 12.4. The van der Waals surface area contributed by atoms with Crippen LogP contribution in [0.5, 0.6) is 5.88 Å². The van der Waals surface area contributed by atoms with E-state index in [1.807, 2.05) is 25.1 Å². The number of hydrogen-bond acceptors (Lipinski definition) is 4. The first kappa shape index (κ1) is 17.2. The summed E-state index contributed by atoms with van der Waals surface area (Å²) in [6.07, 6.45) is 2.22. The maximum Gasteiger partial charge on any atom is 0.257 e. The Labute approximate surface area is 153 Å². The van der Waals surface area contributed by atoms with Gasteiger partial charge in [0.05, 0.1) is 18.8 Å². The first-order chi connectivity index (χ1) is 11.5. The second-order valence-corrected chi connectivity index (χ2v) is 6.74. The predicted molar refractivity (Wildman–Crippen MR) is 95.9 cm³/mol. The zero-order valence-electron chi connectivity index (χ0n) is 13.0. The van der Waals surface area contributed by atoms with E-state index in [-0.39, 0.29) is 12.0 Å². The monoisotopic (exact) mass is 410 g/mol. The van der Waals surface area contributed by atoms with Crippen molar-refractivity contribution >= 4 is 39.1 Å². The molecule has 24 heavy (non-hydrogen) atoms. The number of rotatable bonds is 4. The quantitative estimate of drug-likeness (QED) is 0.818. The van der Waals surface area contributed by atoms with Crippen LogP contribution < -0.4 is 10.1 Å². The van der Waals surface area contributed by atoms with E-state index >= 15 is 0 Å². The maximum absolute atomic E-state index is 12.4. The highest BCUT2D eigenvalue weighted by Crippen LogP contribution is 2.27. The molecule has 1 saturated heterocycles. The zero-order valence-corrected chi connectivity index (χ0v) is 15.4. The Balaban J connectivity index is 1.73. The second kappa shape index (κ2) is 7.51. The Hall–Kier alpha value is -1.63. The average Bonchev–Trinajstić information content (AvgIpc) is 3.07. The molecule has 0 aliphatic carbocycles. The molecular weight excluding hydrogens is 396 g/mol. The summed E-state index contributed by atoms with van der Waals surface area (Å²) in [5, 5.41) is 3.16. The number of ether oxygens (including phenoxy) is 2. The fourth-order valence-corrected chi connectivity index (χ4v) is 2.91. The van der Waals surface area contributed by atoms with Crippen LogP contribution in [-0.2, 0) is 4.74 Å². The van der Waals surface area contributed by atoms with Crippen LogP contribution >= 0.6 is 27.5 Å². The minimum atomic E-state index is -0.277. The van der Waals surface area contributed by atoms with E-state index in [2.05, 4.69) is 26.2 Å². The van der Waals surface area contributed by atoms with Gasteiger partial charge in [-0.1, -0.05) is 33.6 Å². The highest BCUT2D eigenvalue weighted by Gasteiger charge is 2.20. The number of halogens is 2. The SMILES string of the molecule is Cc1c(Br)cccc1NC(=O)c1cnc(OC2CCOC2)c(Cl)c1. The number of anilines is 1. The Kier molecular flexibility index (Phi) is 5.38. The van der Waals surface area contributed by atoms with Crippen molar-refractivity contribution in [2.45, 2.75) is 19.4 Å². The van der Waals surface area contributed by atoms with Crippen molar-refractivity contribution in [3.05, 3.63) is 51.1 Å². The number of nitrogens with one attached hydrogen (secondary N) is 1. The van der Waals surface area contributed by atoms with Gasteiger partial charge in [0.15, 0.2) is 0 Å². The normalized spacial score (nSPS) is 16.9. The number of carbonyl (C=O) groups is 1. The van der Waals surface area contributed by atoms with Gasteiger partial charge in [0, 0.05) is 22.8 Å². The topological polar surface area (TPSA) is 60.5 Å². The molecule has 1 unspecified atom stereocenters. The molecule has 3 rings (SSSR count). The lowest BCUT2D eigenvalue weighted by Gasteiger charge is -2.13. The number of aromatic nitrogens is 1. The largest absolute Gasteiger partial charge is 0.471 e. The third-order valence-corrected chi connectivity index (χ3v) is 4.88. The highest BCUT2D eigenvalue weighted by molar-refractivity contribution is 9.10. The third-order valence-electron chi connectivity index (χ3n) is 3.75. The number of hydrogen-bond donors (Lipinski definition) is 1. The minimum absolute atomic E-state index is 0.0426. The van der Waals surface area contributed by atoms with Crippen molar-refractivity contribution in [2.75, 3.05) is 18.5 Å². The number of nitrogens with zero attached hydrogens (tertiary/aromatic N) is 1. The Morgan fingerprint density at radius 3 is 3.04 bits per heavy atom. The summed E-state index contributed by atoms with van der Waals surface area (Å²) < 4.78 is 11.9. The Morgan fingerprint density at radius 1 is 1.50 bits per heavy atom. The van der Waals surface area contributed by atoms with Crippen LogP contribution in [0.4, 0.5) is 5.69 Å². The molecule has 5 nitrogen and oxygen atoms in total. The van der Waals surface area contributed by atoms with E-state index in [1.54, 1.807) is 6.07 Å². The first-order valence-electron chi connectivity index (χ1n) is 7.51. The molecule has 1 fully saturated rings. The molecule has 1 aromatic heterocycles. The smallest absolute Gasteiger partial charge is 0.257 e. The van der Waals surface area contributed by atoms with Gasteiger partial charge in [0.2, 0.25) is 5.88 Å². The fourth-order valence-electron chi connectivity index (χ4n) is 2.34. The molecule has 2 heterocycles. The van der Waals surface area contributed by atoms with Gasteiger partial charge in [-0.05, 0) is 30.7 Å². The standard InChI is InChI=1S/C17H16BrClN2O3/c1-10-13(18)3-2-4-15(10)21-16(22)11-7-14(19)17(20-8-11)24-12-5-6-23-9-12/h2-4,7-8,12H,5-6,9H2,1H3,(H,21,22). The summed E-state index contributed by atoms with van der Waals surface area (Å²) in [4.78, 5) is 16.6. The van der Waals surface area contributed by atoms with Crippen molar-refractivity contribution in [1.29, 1.82) is 0 Å².